The highest BCUT2D eigenvalue weighted by Crippen LogP contribution is 2.32. The van der Waals surface area contributed by atoms with Crippen molar-refractivity contribution in [3.8, 4) is 0 Å². The second kappa shape index (κ2) is 6.26. The highest BCUT2D eigenvalue weighted by molar-refractivity contribution is 9.08. The van der Waals surface area contributed by atoms with Gasteiger partial charge >= 0.3 is 0 Å². The fraction of sp³-hybridized carbons (Fsp3) is 0.250. The molecule has 21 heavy (non-hydrogen) atoms. The molecule has 5 heteroatoms. The van der Waals surface area contributed by atoms with Gasteiger partial charge in [-0.05, 0) is 48.7 Å². The Kier molecular flexibility index (Phi) is 4.63. The van der Waals surface area contributed by atoms with Gasteiger partial charge in [-0.25, -0.2) is 0 Å². The molecule has 0 saturated heterocycles. The Balaban J connectivity index is 2.47. The Morgan fingerprint density at radius 1 is 1.14 bits per heavy atom. The van der Waals surface area contributed by atoms with E-state index in [1.165, 1.54) is 11.1 Å². The van der Waals surface area contributed by atoms with Crippen LogP contribution in [0.2, 0.25) is 0 Å². The van der Waals surface area contributed by atoms with E-state index in [1.807, 2.05) is 7.05 Å². The average molecular weight is 349 g/mol. The van der Waals surface area contributed by atoms with Gasteiger partial charge in [-0.3, -0.25) is 10.1 Å². The number of aryl methyl sites for hydroxylation is 2. The van der Waals surface area contributed by atoms with Gasteiger partial charge in [-0.2, -0.15) is 0 Å². The van der Waals surface area contributed by atoms with Gasteiger partial charge in [-0.1, -0.05) is 22.0 Å². The van der Waals surface area contributed by atoms with E-state index in [0.717, 1.165) is 16.9 Å². The Labute approximate surface area is 132 Å². The third kappa shape index (κ3) is 3.42. The van der Waals surface area contributed by atoms with Crippen LogP contribution in [0.25, 0.3) is 0 Å². The molecule has 0 fully saturated rings. The first-order chi connectivity index (χ1) is 9.92. The standard InChI is InChI=1S/C16H17BrN2O2/c1-11-6-12(2)8-15(7-11)18(3)16-5-4-14(19(20)21)9-13(16)10-17/h4-9H,10H2,1-3H3. The van der Waals surface area contributed by atoms with Crippen molar-refractivity contribution in [1.82, 2.24) is 0 Å². The van der Waals surface area contributed by atoms with Crippen LogP contribution in [0.1, 0.15) is 16.7 Å². The maximum atomic E-state index is 10.9. The lowest BCUT2D eigenvalue weighted by Crippen LogP contribution is -2.12. The summed E-state index contributed by atoms with van der Waals surface area (Å²) < 4.78 is 0. The van der Waals surface area contributed by atoms with Crippen molar-refractivity contribution in [1.29, 1.82) is 0 Å². The van der Waals surface area contributed by atoms with E-state index in [2.05, 4.69) is 52.9 Å². The van der Waals surface area contributed by atoms with Gasteiger partial charge < -0.3 is 4.90 Å². The minimum atomic E-state index is -0.368. The molecule has 2 aromatic rings. The summed E-state index contributed by atoms with van der Waals surface area (Å²) in [5, 5.41) is 11.5. The second-order valence-electron chi connectivity index (χ2n) is 5.11. The van der Waals surface area contributed by atoms with Gasteiger partial charge in [0.25, 0.3) is 5.69 Å². The summed E-state index contributed by atoms with van der Waals surface area (Å²) >= 11 is 3.41. The van der Waals surface area contributed by atoms with Crippen LogP contribution in [-0.4, -0.2) is 12.0 Å². The van der Waals surface area contributed by atoms with Gasteiger partial charge in [-0.15, -0.1) is 0 Å². The molecule has 2 rings (SSSR count). The van der Waals surface area contributed by atoms with Crippen molar-refractivity contribution in [2.75, 3.05) is 11.9 Å². The van der Waals surface area contributed by atoms with Crippen LogP contribution in [0.4, 0.5) is 17.1 Å². The molecule has 0 amide bonds. The van der Waals surface area contributed by atoms with Crippen LogP contribution in [0, 0.1) is 24.0 Å². The number of alkyl halides is 1. The number of hydrogen-bond donors (Lipinski definition) is 0. The quantitative estimate of drug-likeness (QED) is 0.449. The lowest BCUT2D eigenvalue weighted by atomic mass is 10.1. The lowest BCUT2D eigenvalue weighted by molar-refractivity contribution is -0.384. The topological polar surface area (TPSA) is 46.4 Å². The monoisotopic (exact) mass is 348 g/mol. The van der Waals surface area contributed by atoms with E-state index in [4.69, 9.17) is 0 Å². The number of nitro groups is 1. The van der Waals surface area contributed by atoms with E-state index < -0.39 is 0 Å². The van der Waals surface area contributed by atoms with Gasteiger partial charge in [0, 0.05) is 35.9 Å². The van der Waals surface area contributed by atoms with E-state index in [0.29, 0.717) is 5.33 Å². The van der Waals surface area contributed by atoms with Crippen LogP contribution in [0.5, 0.6) is 0 Å². The van der Waals surface area contributed by atoms with Crippen molar-refractivity contribution in [2.24, 2.45) is 0 Å². The highest BCUT2D eigenvalue weighted by atomic mass is 79.9. The summed E-state index contributed by atoms with van der Waals surface area (Å²) in [6.45, 7) is 4.12. The van der Waals surface area contributed by atoms with Crippen LogP contribution < -0.4 is 4.90 Å². The Bertz CT molecular complexity index is 666. The van der Waals surface area contributed by atoms with Crippen LogP contribution in [0.3, 0.4) is 0 Å². The van der Waals surface area contributed by atoms with Crippen LogP contribution in [0.15, 0.2) is 36.4 Å². The minimum absolute atomic E-state index is 0.113. The zero-order chi connectivity index (χ0) is 15.6. The molecule has 0 saturated carbocycles. The van der Waals surface area contributed by atoms with Gasteiger partial charge in [0.1, 0.15) is 0 Å². The van der Waals surface area contributed by atoms with E-state index in [1.54, 1.807) is 18.2 Å². The molecular formula is C16H17BrN2O2. The van der Waals surface area contributed by atoms with Crippen molar-refractivity contribution in [3.63, 3.8) is 0 Å². The molecular weight excluding hydrogens is 332 g/mol. The van der Waals surface area contributed by atoms with Crippen molar-refractivity contribution >= 4 is 33.0 Å². The molecule has 0 bridgehead atoms. The fourth-order valence-electron chi connectivity index (χ4n) is 2.40. The number of hydrogen-bond acceptors (Lipinski definition) is 3. The largest absolute Gasteiger partial charge is 0.344 e. The normalized spacial score (nSPS) is 10.5. The Morgan fingerprint density at radius 2 is 1.76 bits per heavy atom. The van der Waals surface area contributed by atoms with Crippen molar-refractivity contribution in [2.45, 2.75) is 19.2 Å². The zero-order valence-corrected chi connectivity index (χ0v) is 13.8. The first kappa shape index (κ1) is 15.5. The molecule has 0 aliphatic heterocycles. The molecule has 0 unspecified atom stereocenters. The highest BCUT2D eigenvalue weighted by Gasteiger charge is 2.14. The second-order valence-corrected chi connectivity index (χ2v) is 5.67. The minimum Gasteiger partial charge on any atom is -0.344 e. The van der Waals surface area contributed by atoms with Gasteiger partial charge in [0.05, 0.1) is 4.92 Å². The lowest BCUT2D eigenvalue weighted by Gasteiger charge is -2.23. The van der Waals surface area contributed by atoms with E-state index in [-0.39, 0.29) is 10.6 Å². The molecule has 0 N–H and O–H groups in total. The predicted octanol–water partition coefficient (Wildman–Crippen LogP) is 4.87. The van der Waals surface area contributed by atoms with Crippen molar-refractivity contribution < 1.29 is 4.92 Å². The fourth-order valence-corrected chi connectivity index (χ4v) is 2.85. The zero-order valence-electron chi connectivity index (χ0n) is 12.3. The van der Waals surface area contributed by atoms with Crippen LogP contribution in [-0.2, 0) is 5.33 Å². The van der Waals surface area contributed by atoms with Gasteiger partial charge in [0.2, 0.25) is 0 Å². The first-order valence-corrected chi connectivity index (χ1v) is 7.70. The summed E-state index contributed by atoms with van der Waals surface area (Å²) in [6, 6.07) is 11.3. The molecule has 2 aromatic carbocycles. The number of benzene rings is 2. The maximum absolute atomic E-state index is 10.9. The molecule has 0 aromatic heterocycles. The summed E-state index contributed by atoms with van der Waals surface area (Å²) in [7, 11) is 1.97. The summed E-state index contributed by atoms with van der Waals surface area (Å²) in [5.74, 6) is 0. The molecule has 0 heterocycles. The first-order valence-electron chi connectivity index (χ1n) is 6.57. The molecule has 4 nitrogen and oxygen atoms in total. The number of anilines is 2. The number of nitrogens with zero attached hydrogens (tertiary/aromatic N) is 2. The molecule has 110 valence electrons. The van der Waals surface area contributed by atoms with Crippen LogP contribution >= 0.6 is 15.9 Å². The third-order valence-corrected chi connectivity index (χ3v) is 3.98. The molecule has 0 radical (unpaired) electrons. The SMILES string of the molecule is Cc1cc(C)cc(N(C)c2ccc([N+](=O)[O-])cc2CBr)c1. The molecule has 0 aliphatic rings. The van der Waals surface area contributed by atoms with E-state index in [9.17, 15) is 10.1 Å². The smallest absolute Gasteiger partial charge is 0.269 e. The number of rotatable bonds is 4. The summed E-state index contributed by atoms with van der Waals surface area (Å²) in [4.78, 5) is 12.6. The number of non-ortho nitro benzene ring substituents is 1. The Hall–Kier alpha value is -1.88. The summed E-state index contributed by atoms with van der Waals surface area (Å²) in [5.41, 5.74) is 5.43. The van der Waals surface area contributed by atoms with Crippen molar-refractivity contribution in [3.05, 3.63) is 63.2 Å². The molecule has 0 aliphatic carbocycles. The Morgan fingerprint density at radius 3 is 2.29 bits per heavy atom. The molecule has 0 spiro atoms. The summed E-state index contributed by atoms with van der Waals surface area (Å²) in [6.07, 6.45) is 0. The van der Waals surface area contributed by atoms with Gasteiger partial charge in [0.15, 0.2) is 0 Å². The molecule has 0 atom stereocenters. The average Bonchev–Trinajstić information content (AvgIpc) is 2.44. The maximum Gasteiger partial charge on any atom is 0.269 e. The number of nitro benzene ring substituents is 1. The van der Waals surface area contributed by atoms with E-state index >= 15 is 0 Å². The third-order valence-electron chi connectivity index (χ3n) is 3.37. The number of halogens is 1. The predicted molar refractivity (Wildman–Crippen MR) is 89.7 cm³/mol.